The Morgan fingerprint density at radius 3 is 2.59 bits per heavy atom. The second-order valence-corrected chi connectivity index (χ2v) is 7.99. The van der Waals surface area contributed by atoms with Gasteiger partial charge in [0.15, 0.2) is 0 Å². The summed E-state index contributed by atoms with van der Waals surface area (Å²) in [6.07, 6.45) is 0. The van der Waals surface area contributed by atoms with Gasteiger partial charge in [0.25, 0.3) is 5.91 Å². The number of nitrogen functional groups attached to an aromatic ring is 1. The normalized spacial score (nSPS) is 11.2. The van der Waals surface area contributed by atoms with E-state index in [2.05, 4.69) is 10.3 Å². The Labute approximate surface area is 184 Å². The summed E-state index contributed by atoms with van der Waals surface area (Å²) >= 11 is 0. The number of rotatable bonds is 7. The van der Waals surface area contributed by atoms with Crippen molar-refractivity contribution in [2.45, 2.75) is 26.3 Å². The Kier molecular flexibility index (Phi) is 6.11. The number of carbonyl (C=O) groups excluding carboxylic acids is 1. The number of aromatic carboxylic acids is 1. The number of amides is 1. The number of nitrogens with one attached hydrogen (secondary N) is 1. The van der Waals surface area contributed by atoms with Crippen LogP contribution in [-0.2, 0) is 0 Å². The van der Waals surface area contributed by atoms with Gasteiger partial charge in [0.2, 0.25) is 0 Å². The van der Waals surface area contributed by atoms with Crippen LogP contribution < -0.4 is 20.5 Å². The summed E-state index contributed by atoms with van der Waals surface area (Å²) in [5.41, 5.74) is 6.39. The van der Waals surface area contributed by atoms with Crippen LogP contribution >= 0.6 is 0 Å². The maximum atomic E-state index is 12.7. The van der Waals surface area contributed by atoms with Crippen molar-refractivity contribution in [2.75, 3.05) is 19.5 Å². The first kappa shape index (κ1) is 22.7. The number of benzene rings is 2. The number of hydrogen-bond donors (Lipinski definition) is 4. The van der Waals surface area contributed by atoms with Crippen molar-refractivity contribution in [3.63, 3.8) is 0 Å². The first-order valence-electron chi connectivity index (χ1n) is 9.78. The highest BCUT2D eigenvalue weighted by Crippen LogP contribution is 2.33. The summed E-state index contributed by atoms with van der Waals surface area (Å²) < 4.78 is 11.0. The molecule has 0 spiro atoms. The summed E-state index contributed by atoms with van der Waals surface area (Å²) in [6, 6.07) is 9.37. The second-order valence-electron chi connectivity index (χ2n) is 7.99. The second kappa shape index (κ2) is 8.62. The van der Waals surface area contributed by atoms with Gasteiger partial charge >= 0.3 is 5.97 Å². The third kappa shape index (κ3) is 4.66. The molecule has 0 aliphatic heterocycles. The zero-order valence-electron chi connectivity index (χ0n) is 18.2. The molecule has 0 unspecified atom stereocenters. The lowest BCUT2D eigenvalue weighted by atomic mass is 10.0. The molecule has 1 amide bonds. The number of anilines is 1. The number of methoxy groups -OCH3 is 1. The minimum atomic E-state index is -1.17. The van der Waals surface area contributed by atoms with Gasteiger partial charge in [-0.3, -0.25) is 9.78 Å². The third-order valence-electron chi connectivity index (χ3n) is 4.84. The number of phenolic OH excluding ortho intramolecular Hbond substituents is 1. The number of fused-ring (bicyclic) bond motifs is 1. The van der Waals surface area contributed by atoms with E-state index in [0.717, 1.165) is 0 Å². The molecule has 32 heavy (non-hydrogen) atoms. The molecule has 1 heterocycles. The van der Waals surface area contributed by atoms with Gasteiger partial charge in [-0.05, 0) is 45.0 Å². The minimum Gasteiger partial charge on any atom is -0.508 e. The van der Waals surface area contributed by atoms with Crippen molar-refractivity contribution in [1.29, 1.82) is 0 Å². The van der Waals surface area contributed by atoms with Gasteiger partial charge in [0.05, 0.1) is 34.9 Å². The molecule has 3 rings (SSSR count). The van der Waals surface area contributed by atoms with Crippen LogP contribution in [-0.4, -0.2) is 46.3 Å². The molecular weight excluding hydrogens is 414 g/mol. The molecule has 0 radical (unpaired) electrons. The summed E-state index contributed by atoms with van der Waals surface area (Å²) in [5.74, 6) is -0.968. The van der Waals surface area contributed by atoms with E-state index in [1.54, 1.807) is 39.0 Å². The fraction of sp³-hybridized carbons (Fsp3) is 0.261. The summed E-state index contributed by atoms with van der Waals surface area (Å²) in [6.45, 7) is 5.18. The topological polar surface area (TPSA) is 144 Å². The number of aryl methyl sites for hydroxylation is 1. The predicted molar refractivity (Wildman–Crippen MR) is 120 cm³/mol. The number of ether oxygens (including phenoxy) is 2. The van der Waals surface area contributed by atoms with Crippen LogP contribution in [0.5, 0.6) is 17.2 Å². The monoisotopic (exact) mass is 439 g/mol. The maximum absolute atomic E-state index is 12.7. The zero-order chi connectivity index (χ0) is 23.6. The van der Waals surface area contributed by atoms with Gasteiger partial charge in [-0.1, -0.05) is 6.07 Å². The van der Waals surface area contributed by atoms with Crippen LogP contribution in [0.25, 0.3) is 10.9 Å². The molecule has 9 heteroatoms. The molecule has 0 bridgehead atoms. The fourth-order valence-corrected chi connectivity index (χ4v) is 3.34. The lowest BCUT2D eigenvalue weighted by molar-refractivity contribution is 0.0696. The number of nitrogens with zero attached hydrogens (tertiary/aromatic N) is 1. The van der Waals surface area contributed by atoms with E-state index in [0.29, 0.717) is 28.1 Å². The highest BCUT2D eigenvalue weighted by molar-refractivity contribution is 6.06. The lowest BCUT2D eigenvalue weighted by Crippen LogP contribution is -2.47. The van der Waals surface area contributed by atoms with Crippen LogP contribution in [0.3, 0.4) is 0 Å². The minimum absolute atomic E-state index is 0.0591. The molecule has 9 nitrogen and oxygen atoms in total. The lowest BCUT2D eigenvalue weighted by Gasteiger charge is -2.27. The summed E-state index contributed by atoms with van der Waals surface area (Å²) in [5, 5.41) is 22.5. The number of aromatic hydroxyl groups is 1. The smallest absolute Gasteiger partial charge is 0.339 e. The van der Waals surface area contributed by atoms with Gasteiger partial charge in [-0.2, -0.15) is 0 Å². The number of pyridine rings is 1. The first-order chi connectivity index (χ1) is 15.0. The molecule has 0 atom stereocenters. The van der Waals surface area contributed by atoms with Crippen LogP contribution in [0.2, 0.25) is 0 Å². The molecule has 1 aromatic heterocycles. The molecule has 0 aliphatic carbocycles. The van der Waals surface area contributed by atoms with Gasteiger partial charge in [-0.15, -0.1) is 0 Å². The summed E-state index contributed by atoms with van der Waals surface area (Å²) in [7, 11) is 1.44. The number of hydrogen-bond acceptors (Lipinski definition) is 7. The van der Waals surface area contributed by atoms with Crippen LogP contribution in [0.4, 0.5) is 5.69 Å². The Hall–Kier alpha value is -4.01. The van der Waals surface area contributed by atoms with E-state index in [1.165, 1.54) is 25.3 Å². The molecular formula is C23H25N3O6. The van der Waals surface area contributed by atoms with Gasteiger partial charge in [0.1, 0.15) is 29.4 Å². The predicted octanol–water partition coefficient (Wildman–Crippen LogP) is 3.13. The largest absolute Gasteiger partial charge is 0.508 e. The highest BCUT2D eigenvalue weighted by Gasteiger charge is 2.25. The van der Waals surface area contributed by atoms with Crippen molar-refractivity contribution in [3.8, 4) is 17.2 Å². The zero-order valence-corrected chi connectivity index (χ0v) is 18.2. The van der Waals surface area contributed by atoms with E-state index < -0.39 is 17.4 Å². The molecule has 168 valence electrons. The SMILES string of the molecule is COc1cc(O)cc(C(=O)NC(C)(C)COc2cccc3nc(C)c(C(=O)O)c(N)c23)c1. The van der Waals surface area contributed by atoms with E-state index in [4.69, 9.17) is 15.2 Å². The van der Waals surface area contributed by atoms with Crippen molar-refractivity contribution in [2.24, 2.45) is 0 Å². The third-order valence-corrected chi connectivity index (χ3v) is 4.84. The number of phenols is 1. The maximum Gasteiger partial charge on any atom is 0.339 e. The van der Waals surface area contributed by atoms with Crippen LogP contribution in [0, 0.1) is 6.92 Å². The Balaban J connectivity index is 1.84. The molecule has 5 N–H and O–H groups in total. The average Bonchev–Trinajstić information content (AvgIpc) is 2.70. The van der Waals surface area contributed by atoms with Gasteiger partial charge in [0, 0.05) is 11.6 Å². The van der Waals surface area contributed by atoms with Crippen molar-refractivity contribution in [3.05, 3.63) is 53.2 Å². The van der Waals surface area contributed by atoms with E-state index in [1.807, 2.05) is 0 Å². The van der Waals surface area contributed by atoms with Crippen LogP contribution in [0.15, 0.2) is 36.4 Å². The molecule has 2 aromatic carbocycles. The Morgan fingerprint density at radius 2 is 1.94 bits per heavy atom. The van der Waals surface area contributed by atoms with E-state index in [-0.39, 0.29) is 29.2 Å². The number of carboxylic acid groups (broad SMARTS) is 1. The van der Waals surface area contributed by atoms with E-state index in [9.17, 15) is 19.8 Å². The van der Waals surface area contributed by atoms with Crippen molar-refractivity contribution < 1.29 is 29.3 Å². The standard InChI is InChI=1S/C23H25N3O6/c1-12-18(22(29)30)20(24)19-16(25-12)6-5-7-17(19)32-11-23(2,3)26-21(28)13-8-14(27)10-15(9-13)31-4/h5-10,27H,11H2,1-4H3,(H2,24,25)(H,26,28)(H,29,30). The van der Waals surface area contributed by atoms with Gasteiger partial charge < -0.3 is 30.7 Å². The quantitative estimate of drug-likeness (QED) is 0.439. The molecule has 0 aliphatic rings. The Morgan fingerprint density at radius 1 is 1.22 bits per heavy atom. The molecule has 0 saturated heterocycles. The molecule has 0 fully saturated rings. The number of carbonyl (C=O) groups is 2. The summed E-state index contributed by atoms with van der Waals surface area (Å²) in [4.78, 5) is 28.6. The number of nitrogens with two attached hydrogens (primary N) is 1. The highest BCUT2D eigenvalue weighted by atomic mass is 16.5. The van der Waals surface area contributed by atoms with Crippen LogP contribution in [0.1, 0.15) is 40.3 Å². The average molecular weight is 439 g/mol. The molecule has 0 saturated carbocycles. The number of carboxylic acids is 1. The van der Waals surface area contributed by atoms with Gasteiger partial charge in [-0.25, -0.2) is 4.79 Å². The molecule has 3 aromatic rings. The number of aromatic nitrogens is 1. The Bertz CT molecular complexity index is 1210. The van der Waals surface area contributed by atoms with E-state index >= 15 is 0 Å². The fourth-order valence-electron chi connectivity index (χ4n) is 3.34. The van der Waals surface area contributed by atoms with Crippen molar-refractivity contribution in [1.82, 2.24) is 10.3 Å². The first-order valence-corrected chi connectivity index (χ1v) is 9.78. The van der Waals surface area contributed by atoms with Crippen molar-refractivity contribution >= 4 is 28.5 Å².